The molecule has 0 aliphatic rings. The average Bonchev–Trinajstić information content (AvgIpc) is 2.46. The second-order valence-electron chi connectivity index (χ2n) is 4.18. The van der Waals surface area contributed by atoms with Gasteiger partial charge in [0.05, 0.1) is 0 Å². The fraction of sp³-hybridized carbons (Fsp3) is 0.286. The molecule has 0 saturated heterocycles. The van der Waals surface area contributed by atoms with E-state index in [1.165, 1.54) is 5.56 Å². The molecule has 2 rings (SSSR count). The molecule has 0 fully saturated rings. The minimum atomic E-state index is 0.412. The van der Waals surface area contributed by atoms with Crippen molar-refractivity contribution in [2.24, 2.45) is 0 Å². The van der Waals surface area contributed by atoms with Crippen LogP contribution in [0.3, 0.4) is 0 Å². The summed E-state index contributed by atoms with van der Waals surface area (Å²) in [4.78, 5) is 0. The molecule has 5 heteroatoms. The summed E-state index contributed by atoms with van der Waals surface area (Å²) >= 11 is 5.66. The molecule has 1 heterocycles. The van der Waals surface area contributed by atoms with Crippen LogP contribution in [0.25, 0.3) is 0 Å². The molecule has 2 N–H and O–H groups in total. The van der Waals surface area contributed by atoms with Crippen molar-refractivity contribution in [3.8, 4) is 0 Å². The van der Waals surface area contributed by atoms with Crippen LogP contribution in [0.4, 0.5) is 5.82 Å². The molecule has 4 nitrogen and oxygen atoms in total. The van der Waals surface area contributed by atoms with Crippen molar-refractivity contribution in [3.05, 3.63) is 53.2 Å². The number of halogens is 1. The highest BCUT2D eigenvalue weighted by atomic mass is 35.5. The van der Waals surface area contributed by atoms with Crippen LogP contribution < -0.4 is 10.6 Å². The van der Waals surface area contributed by atoms with Gasteiger partial charge in [-0.1, -0.05) is 41.9 Å². The Kier molecular flexibility index (Phi) is 5.59. The number of nitrogens with zero attached hydrogens (tertiary/aromatic N) is 2. The van der Waals surface area contributed by atoms with E-state index in [9.17, 15) is 0 Å². The lowest BCUT2D eigenvalue weighted by Crippen LogP contribution is -2.17. The molecule has 0 spiro atoms. The Morgan fingerprint density at radius 1 is 0.947 bits per heavy atom. The van der Waals surface area contributed by atoms with Gasteiger partial charge in [-0.3, -0.25) is 0 Å². The van der Waals surface area contributed by atoms with Crippen molar-refractivity contribution in [3.63, 3.8) is 0 Å². The van der Waals surface area contributed by atoms with Gasteiger partial charge in [-0.25, -0.2) is 0 Å². The van der Waals surface area contributed by atoms with Gasteiger partial charge in [0.25, 0.3) is 0 Å². The first kappa shape index (κ1) is 13.8. The number of anilines is 1. The summed E-state index contributed by atoms with van der Waals surface area (Å²) in [5.41, 5.74) is 1.30. The standard InChI is InChI=1S/C14H17ClN4/c15-13-7-8-14(19-18-13)17-10-4-9-16-11-12-5-2-1-3-6-12/h1-3,5-8,16H,4,9-11H2,(H,17,19). The van der Waals surface area contributed by atoms with Crippen molar-refractivity contribution in [2.45, 2.75) is 13.0 Å². The van der Waals surface area contributed by atoms with Crippen LogP contribution in [-0.4, -0.2) is 23.3 Å². The van der Waals surface area contributed by atoms with Gasteiger partial charge in [0, 0.05) is 13.1 Å². The maximum absolute atomic E-state index is 5.66. The average molecular weight is 277 g/mol. The van der Waals surface area contributed by atoms with E-state index in [-0.39, 0.29) is 0 Å². The second-order valence-corrected chi connectivity index (χ2v) is 4.57. The van der Waals surface area contributed by atoms with E-state index in [2.05, 4.69) is 45.1 Å². The van der Waals surface area contributed by atoms with E-state index in [4.69, 9.17) is 11.6 Å². The summed E-state index contributed by atoms with van der Waals surface area (Å²) in [6.07, 6.45) is 1.02. The third-order valence-corrected chi connectivity index (χ3v) is 2.84. The van der Waals surface area contributed by atoms with Gasteiger partial charge in [0.1, 0.15) is 5.82 Å². The maximum Gasteiger partial charge on any atom is 0.151 e. The molecule has 0 radical (unpaired) electrons. The largest absolute Gasteiger partial charge is 0.369 e. The molecule has 0 saturated carbocycles. The third kappa shape index (κ3) is 5.24. The quantitative estimate of drug-likeness (QED) is 0.764. The molecule has 0 bridgehead atoms. The number of aromatic nitrogens is 2. The van der Waals surface area contributed by atoms with Crippen molar-refractivity contribution in [2.75, 3.05) is 18.4 Å². The Labute approximate surface area is 118 Å². The van der Waals surface area contributed by atoms with E-state index in [1.54, 1.807) is 6.07 Å². The monoisotopic (exact) mass is 276 g/mol. The molecule has 2 aromatic rings. The van der Waals surface area contributed by atoms with Crippen molar-refractivity contribution >= 4 is 17.4 Å². The fourth-order valence-electron chi connectivity index (χ4n) is 1.67. The molecule has 100 valence electrons. The highest BCUT2D eigenvalue weighted by Crippen LogP contribution is 2.05. The zero-order valence-electron chi connectivity index (χ0n) is 10.6. The number of benzene rings is 1. The topological polar surface area (TPSA) is 49.8 Å². The van der Waals surface area contributed by atoms with E-state index >= 15 is 0 Å². The summed E-state index contributed by atoms with van der Waals surface area (Å²) in [5.74, 6) is 0.757. The lowest BCUT2D eigenvalue weighted by Gasteiger charge is -2.06. The molecule has 1 aromatic heterocycles. The Morgan fingerprint density at radius 3 is 2.53 bits per heavy atom. The predicted octanol–water partition coefficient (Wildman–Crippen LogP) is 2.72. The third-order valence-electron chi connectivity index (χ3n) is 2.64. The van der Waals surface area contributed by atoms with Crippen LogP contribution in [0.15, 0.2) is 42.5 Å². The van der Waals surface area contributed by atoms with Crippen molar-refractivity contribution in [1.29, 1.82) is 0 Å². The number of rotatable bonds is 7. The number of nitrogens with one attached hydrogen (secondary N) is 2. The molecule has 0 unspecified atom stereocenters. The van der Waals surface area contributed by atoms with Gasteiger partial charge < -0.3 is 10.6 Å². The van der Waals surface area contributed by atoms with Gasteiger partial charge in [-0.05, 0) is 30.7 Å². The Balaban J connectivity index is 1.56. The first-order valence-corrected chi connectivity index (χ1v) is 6.70. The van der Waals surface area contributed by atoms with E-state index in [0.717, 1.165) is 31.9 Å². The molecule has 0 aliphatic heterocycles. The first-order chi connectivity index (χ1) is 9.34. The fourth-order valence-corrected chi connectivity index (χ4v) is 1.77. The molecule has 0 atom stereocenters. The summed E-state index contributed by atoms with van der Waals surface area (Å²) in [5, 5.41) is 14.7. The number of hydrogen-bond donors (Lipinski definition) is 2. The lowest BCUT2D eigenvalue weighted by molar-refractivity contribution is 0.662. The minimum absolute atomic E-state index is 0.412. The zero-order valence-corrected chi connectivity index (χ0v) is 11.4. The van der Waals surface area contributed by atoms with Crippen LogP contribution in [0, 0.1) is 0 Å². The second kappa shape index (κ2) is 7.71. The molecular formula is C14H17ClN4. The Bertz CT molecular complexity index is 473. The van der Waals surface area contributed by atoms with Gasteiger partial charge in [-0.15, -0.1) is 10.2 Å². The van der Waals surface area contributed by atoms with Crippen LogP contribution in [0.1, 0.15) is 12.0 Å². The molecular weight excluding hydrogens is 260 g/mol. The van der Waals surface area contributed by atoms with Crippen LogP contribution in [-0.2, 0) is 6.54 Å². The van der Waals surface area contributed by atoms with Crippen molar-refractivity contribution in [1.82, 2.24) is 15.5 Å². The summed E-state index contributed by atoms with van der Waals surface area (Å²) in [6.45, 7) is 2.72. The van der Waals surface area contributed by atoms with Crippen LogP contribution >= 0.6 is 11.6 Å². The Hall–Kier alpha value is -1.65. The highest BCUT2D eigenvalue weighted by Gasteiger charge is 1.95. The van der Waals surface area contributed by atoms with Crippen LogP contribution in [0.2, 0.25) is 5.15 Å². The molecule has 19 heavy (non-hydrogen) atoms. The van der Waals surface area contributed by atoms with E-state index in [0.29, 0.717) is 5.15 Å². The summed E-state index contributed by atoms with van der Waals surface area (Å²) < 4.78 is 0. The summed E-state index contributed by atoms with van der Waals surface area (Å²) in [7, 11) is 0. The maximum atomic E-state index is 5.66. The molecule has 0 aliphatic carbocycles. The minimum Gasteiger partial charge on any atom is -0.369 e. The van der Waals surface area contributed by atoms with Crippen LogP contribution in [0.5, 0.6) is 0 Å². The van der Waals surface area contributed by atoms with Gasteiger partial charge in [0.2, 0.25) is 0 Å². The molecule has 0 amide bonds. The summed E-state index contributed by atoms with van der Waals surface area (Å²) in [6, 6.07) is 13.9. The van der Waals surface area contributed by atoms with E-state index < -0.39 is 0 Å². The lowest BCUT2D eigenvalue weighted by atomic mass is 10.2. The number of hydrogen-bond acceptors (Lipinski definition) is 4. The SMILES string of the molecule is Clc1ccc(NCCCNCc2ccccc2)nn1. The first-order valence-electron chi connectivity index (χ1n) is 6.32. The van der Waals surface area contributed by atoms with Gasteiger partial charge in [0.15, 0.2) is 5.15 Å². The van der Waals surface area contributed by atoms with E-state index in [1.807, 2.05) is 12.1 Å². The Morgan fingerprint density at radius 2 is 1.79 bits per heavy atom. The highest BCUT2D eigenvalue weighted by molar-refractivity contribution is 6.29. The predicted molar refractivity (Wildman–Crippen MR) is 78.3 cm³/mol. The molecule has 1 aromatic carbocycles. The smallest absolute Gasteiger partial charge is 0.151 e. The van der Waals surface area contributed by atoms with Gasteiger partial charge in [-0.2, -0.15) is 0 Å². The normalized spacial score (nSPS) is 10.4. The zero-order chi connectivity index (χ0) is 13.3. The van der Waals surface area contributed by atoms with Crippen molar-refractivity contribution < 1.29 is 0 Å². The van der Waals surface area contributed by atoms with Gasteiger partial charge >= 0.3 is 0 Å².